The van der Waals surface area contributed by atoms with E-state index in [-0.39, 0.29) is 0 Å². The smallest absolute Gasteiger partial charge is 0.152 e. The van der Waals surface area contributed by atoms with Crippen molar-refractivity contribution in [3.63, 3.8) is 0 Å². The maximum Gasteiger partial charge on any atom is 0.152 e. The van der Waals surface area contributed by atoms with Crippen molar-refractivity contribution in [1.29, 1.82) is 0 Å². The van der Waals surface area contributed by atoms with E-state index in [1.807, 2.05) is 31.2 Å². The van der Waals surface area contributed by atoms with Gasteiger partial charge in [-0.25, -0.2) is 4.98 Å². The molecule has 1 aromatic carbocycles. The molecule has 0 radical (unpaired) electrons. The third-order valence-corrected chi connectivity index (χ3v) is 3.44. The summed E-state index contributed by atoms with van der Waals surface area (Å²) in [6.45, 7) is 2.05. The summed E-state index contributed by atoms with van der Waals surface area (Å²) in [6, 6.07) is 11.6. The van der Waals surface area contributed by atoms with E-state index < -0.39 is 0 Å². The lowest BCUT2D eigenvalue weighted by Crippen LogP contribution is -1.89. The topological polar surface area (TPSA) is 30.0 Å². The van der Waals surface area contributed by atoms with Gasteiger partial charge in [-0.15, -0.1) is 0 Å². The standard InChI is InChI=1S/C13H11NOS/c1-10-5-2-3-7-12(10)16-13-11(9-15)6-4-8-14-13/h2-9H,1H3. The number of aryl methyl sites for hydroxylation is 1. The second kappa shape index (κ2) is 4.94. The number of rotatable bonds is 3. The van der Waals surface area contributed by atoms with Gasteiger partial charge >= 0.3 is 0 Å². The maximum absolute atomic E-state index is 10.8. The van der Waals surface area contributed by atoms with Crippen LogP contribution < -0.4 is 0 Å². The highest BCUT2D eigenvalue weighted by atomic mass is 32.2. The van der Waals surface area contributed by atoms with E-state index in [1.54, 1.807) is 18.3 Å². The predicted molar refractivity (Wildman–Crippen MR) is 64.9 cm³/mol. The molecule has 3 heteroatoms. The van der Waals surface area contributed by atoms with Gasteiger partial charge in [0.1, 0.15) is 5.03 Å². The van der Waals surface area contributed by atoms with E-state index in [9.17, 15) is 4.79 Å². The van der Waals surface area contributed by atoms with Gasteiger partial charge in [0.25, 0.3) is 0 Å². The van der Waals surface area contributed by atoms with Crippen LogP contribution in [0, 0.1) is 6.92 Å². The van der Waals surface area contributed by atoms with Crippen molar-refractivity contribution in [2.24, 2.45) is 0 Å². The molecule has 0 N–H and O–H groups in total. The predicted octanol–water partition coefficient (Wildman–Crippen LogP) is 3.35. The molecule has 80 valence electrons. The Bertz CT molecular complexity index is 511. The number of hydrogen-bond donors (Lipinski definition) is 0. The van der Waals surface area contributed by atoms with Gasteiger partial charge in [-0.3, -0.25) is 4.79 Å². The van der Waals surface area contributed by atoms with E-state index in [4.69, 9.17) is 0 Å². The van der Waals surface area contributed by atoms with E-state index >= 15 is 0 Å². The van der Waals surface area contributed by atoms with Crippen molar-refractivity contribution in [3.05, 3.63) is 53.7 Å². The van der Waals surface area contributed by atoms with Crippen LogP contribution in [-0.2, 0) is 0 Å². The Morgan fingerprint density at radius 1 is 1.19 bits per heavy atom. The molecule has 0 unspecified atom stereocenters. The van der Waals surface area contributed by atoms with Gasteiger partial charge in [-0.1, -0.05) is 30.0 Å². The Morgan fingerprint density at radius 2 is 2.00 bits per heavy atom. The average molecular weight is 229 g/mol. The Hall–Kier alpha value is -1.61. The third kappa shape index (κ3) is 2.31. The van der Waals surface area contributed by atoms with Crippen LogP contribution in [0.1, 0.15) is 15.9 Å². The fraction of sp³-hybridized carbons (Fsp3) is 0.0769. The van der Waals surface area contributed by atoms with Gasteiger partial charge < -0.3 is 0 Å². The van der Waals surface area contributed by atoms with Gasteiger partial charge in [-0.05, 0) is 30.7 Å². The molecular formula is C13H11NOS. The van der Waals surface area contributed by atoms with Crippen LogP contribution in [0.5, 0.6) is 0 Å². The normalized spacial score (nSPS) is 10.1. The van der Waals surface area contributed by atoms with E-state index in [1.165, 1.54) is 17.3 Å². The summed E-state index contributed by atoms with van der Waals surface area (Å²) in [5.74, 6) is 0. The molecule has 0 bridgehead atoms. The van der Waals surface area contributed by atoms with Crippen LogP contribution in [-0.4, -0.2) is 11.3 Å². The van der Waals surface area contributed by atoms with E-state index in [0.29, 0.717) is 5.56 Å². The quantitative estimate of drug-likeness (QED) is 0.756. The minimum absolute atomic E-state index is 0.635. The summed E-state index contributed by atoms with van der Waals surface area (Å²) in [4.78, 5) is 16.2. The van der Waals surface area contributed by atoms with Crippen molar-refractivity contribution in [3.8, 4) is 0 Å². The first-order valence-corrected chi connectivity index (χ1v) is 5.76. The molecule has 2 aromatic rings. The average Bonchev–Trinajstić information content (AvgIpc) is 2.33. The minimum Gasteiger partial charge on any atom is -0.298 e. The van der Waals surface area contributed by atoms with Crippen molar-refractivity contribution in [2.75, 3.05) is 0 Å². The molecule has 1 aromatic heterocycles. The Balaban J connectivity index is 2.34. The monoisotopic (exact) mass is 229 g/mol. The largest absolute Gasteiger partial charge is 0.298 e. The fourth-order valence-corrected chi connectivity index (χ4v) is 2.28. The molecule has 0 amide bonds. The SMILES string of the molecule is Cc1ccccc1Sc1ncccc1C=O. The number of hydrogen-bond acceptors (Lipinski definition) is 3. The highest BCUT2D eigenvalue weighted by Gasteiger charge is 2.05. The first-order chi connectivity index (χ1) is 7.81. The Kier molecular flexibility index (Phi) is 3.37. The highest BCUT2D eigenvalue weighted by molar-refractivity contribution is 7.99. The molecule has 0 saturated carbocycles. The lowest BCUT2D eigenvalue weighted by Gasteiger charge is -2.05. The lowest BCUT2D eigenvalue weighted by molar-refractivity contribution is 0.112. The van der Waals surface area contributed by atoms with E-state index in [0.717, 1.165) is 16.2 Å². The molecule has 0 spiro atoms. The molecule has 0 aliphatic rings. The van der Waals surface area contributed by atoms with Crippen LogP contribution in [0.3, 0.4) is 0 Å². The molecule has 2 rings (SSSR count). The lowest BCUT2D eigenvalue weighted by atomic mass is 10.2. The van der Waals surface area contributed by atoms with Crippen LogP contribution in [0.15, 0.2) is 52.5 Å². The van der Waals surface area contributed by atoms with Crippen molar-refractivity contribution in [2.45, 2.75) is 16.8 Å². The second-order valence-electron chi connectivity index (χ2n) is 3.38. The molecule has 1 heterocycles. The van der Waals surface area contributed by atoms with Crippen molar-refractivity contribution < 1.29 is 4.79 Å². The van der Waals surface area contributed by atoms with E-state index in [2.05, 4.69) is 4.98 Å². The number of aldehydes is 1. The number of carbonyl (C=O) groups is 1. The zero-order chi connectivity index (χ0) is 11.4. The molecule has 0 fully saturated rings. The summed E-state index contributed by atoms with van der Waals surface area (Å²) in [7, 11) is 0. The Morgan fingerprint density at radius 3 is 2.75 bits per heavy atom. The molecular weight excluding hydrogens is 218 g/mol. The van der Waals surface area contributed by atoms with Gasteiger partial charge in [0.15, 0.2) is 6.29 Å². The summed E-state index contributed by atoms with van der Waals surface area (Å²) < 4.78 is 0. The molecule has 2 nitrogen and oxygen atoms in total. The van der Waals surface area contributed by atoms with Crippen LogP contribution >= 0.6 is 11.8 Å². The third-order valence-electron chi connectivity index (χ3n) is 2.23. The molecule has 0 aliphatic heterocycles. The molecule has 0 aliphatic carbocycles. The number of nitrogens with zero attached hydrogens (tertiary/aromatic N) is 1. The minimum atomic E-state index is 0.635. The number of benzene rings is 1. The van der Waals surface area contributed by atoms with Gasteiger partial charge in [0, 0.05) is 16.7 Å². The maximum atomic E-state index is 10.8. The van der Waals surface area contributed by atoms with Crippen LogP contribution in [0.4, 0.5) is 0 Å². The highest BCUT2D eigenvalue weighted by Crippen LogP contribution is 2.29. The van der Waals surface area contributed by atoms with Crippen molar-refractivity contribution in [1.82, 2.24) is 4.98 Å². The first-order valence-electron chi connectivity index (χ1n) is 4.95. The molecule has 0 saturated heterocycles. The Labute approximate surface area is 98.7 Å². The van der Waals surface area contributed by atoms with Crippen LogP contribution in [0.25, 0.3) is 0 Å². The molecule has 0 atom stereocenters. The summed E-state index contributed by atoms with van der Waals surface area (Å²) in [5, 5.41) is 0.756. The summed E-state index contributed by atoms with van der Waals surface area (Å²) in [6.07, 6.45) is 2.54. The van der Waals surface area contributed by atoms with Gasteiger partial charge in [0.05, 0.1) is 0 Å². The first kappa shape index (κ1) is 10.9. The fourth-order valence-electron chi connectivity index (χ4n) is 1.35. The number of carbonyl (C=O) groups excluding carboxylic acids is 1. The zero-order valence-corrected chi connectivity index (χ0v) is 9.70. The summed E-state index contributed by atoms with van der Waals surface area (Å²) >= 11 is 1.52. The molecule has 16 heavy (non-hydrogen) atoms. The number of pyridine rings is 1. The zero-order valence-electron chi connectivity index (χ0n) is 8.88. The van der Waals surface area contributed by atoms with Crippen molar-refractivity contribution >= 4 is 18.0 Å². The van der Waals surface area contributed by atoms with Gasteiger partial charge in [-0.2, -0.15) is 0 Å². The summed E-state index contributed by atoms with van der Waals surface area (Å²) in [5.41, 5.74) is 1.82. The second-order valence-corrected chi connectivity index (χ2v) is 4.41. The number of aromatic nitrogens is 1. The van der Waals surface area contributed by atoms with Crippen LogP contribution in [0.2, 0.25) is 0 Å². The van der Waals surface area contributed by atoms with Gasteiger partial charge in [0.2, 0.25) is 0 Å².